The van der Waals surface area contributed by atoms with E-state index in [9.17, 15) is 18.3 Å². The minimum atomic E-state index is -3.37. The normalized spacial score (nSPS) is 32.7. The lowest BCUT2D eigenvalue weighted by Gasteiger charge is -2.44. The van der Waals surface area contributed by atoms with Crippen LogP contribution in [0.4, 0.5) is 0 Å². The maximum Gasteiger partial charge on any atom is 0.240 e. The first-order valence-electron chi connectivity index (χ1n) is 8.00. The molecule has 6 heteroatoms. The Kier molecular flexibility index (Phi) is 5.30. The van der Waals surface area contributed by atoms with Crippen LogP contribution in [0.1, 0.15) is 51.9 Å². The smallest absolute Gasteiger partial charge is 0.240 e. The number of hydrogen-bond acceptors (Lipinski definition) is 4. The monoisotopic (exact) mass is 317 g/mol. The lowest BCUT2D eigenvalue weighted by atomic mass is 9.78. The van der Waals surface area contributed by atoms with Gasteiger partial charge in [0.2, 0.25) is 5.91 Å². The lowest BCUT2D eigenvalue weighted by molar-refractivity contribution is -0.137. The number of carbonyl (C=O) groups is 1. The third kappa shape index (κ3) is 3.77. The van der Waals surface area contributed by atoms with Gasteiger partial charge in [0.05, 0.1) is 6.10 Å². The Morgan fingerprint density at radius 2 is 1.76 bits per heavy atom. The molecule has 122 valence electrons. The van der Waals surface area contributed by atoms with Crippen molar-refractivity contribution < 1.29 is 18.3 Å². The summed E-state index contributed by atoms with van der Waals surface area (Å²) in [7, 11) is -3.37. The summed E-state index contributed by atoms with van der Waals surface area (Å²) < 4.78 is 23.3. The highest BCUT2D eigenvalue weighted by atomic mass is 32.2. The minimum Gasteiger partial charge on any atom is -0.393 e. The Bertz CT molecular complexity index is 476. The second-order valence-corrected chi connectivity index (χ2v) is 8.95. The molecule has 2 aliphatic rings. The van der Waals surface area contributed by atoms with E-state index in [1.165, 1.54) is 6.92 Å². The molecule has 4 unspecified atom stereocenters. The molecule has 0 aromatic heterocycles. The SMILES string of the molecule is CC(C(=O)N1CCCCC1C1CCCCC1O)S(C)(=O)=O. The Hall–Kier alpha value is -0.620. The first kappa shape index (κ1) is 16.7. The third-order valence-corrected chi connectivity index (χ3v) is 6.58. The van der Waals surface area contributed by atoms with Gasteiger partial charge < -0.3 is 10.0 Å². The van der Waals surface area contributed by atoms with Gasteiger partial charge >= 0.3 is 0 Å². The maximum absolute atomic E-state index is 12.6. The quantitative estimate of drug-likeness (QED) is 0.852. The number of piperidine rings is 1. The molecule has 0 bridgehead atoms. The van der Waals surface area contributed by atoms with Crippen molar-refractivity contribution in [1.29, 1.82) is 0 Å². The molecule has 1 N–H and O–H groups in total. The van der Waals surface area contributed by atoms with E-state index >= 15 is 0 Å². The van der Waals surface area contributed by atoms with Crippen molar-refractivity contribution in [3.63, 3.8) is 0 Å². The molecule has 0 aromatic rings. The van der Waals surface area contributed by atoms with E-state index in [1.807, 2.05) is 0 Å². The van der Waals surface area contributed by atoms with Gasteiger partial charge in [-0.2, -0.15) is 0 Å². The molecular formula is C15H27NO4S. The number of rotatable bonds is 3. The fraction of sp³-hybridized carbons (Fsp3) is 0.933. The predicted octanol–water partition coefficient (Wildman–Crippen LogP) is 1.35. The summed E-state index contributed by atoms with van der Waals surface area (Å²) in [5.41, 5.74) is 0. The van der Waals surface area contributed by atoms with Crippen LogP contribution < -0.4 is 0 Å². The molecule has 1 amide bonds. The number of likely N-dealkylation sites (tertiary alicyclic amines) is 1. The molecule has 0 radical (unpaired) electrons. The van der Waals surface area contributed by atoms with Gasteiger partial charge in [0.25, 0.3) is 0 Å². The summed E-state index contributed by atoms with van der Waals surface area (Å²) in [6, 6.07) is 0.00532. The van der Waals surface area contributed by atoms with Crippen LogP contribution in [0.15, 0.2) is 0 Å². The topological polar surface area (TPSA) is 74.7 Å². The van der Waals surface area contributed by atoms with Gasteiger partial charge in [-0.3, -0.25) is 4.79 Å². The first-order valence-corrected chi connectivity index (χ1v) is 9.95. The number of nitrogens with zero attached hydrogens (tertiary/aromatic N) is 1. The summed E-state index contributed by atoms with van der Waals surface area (Å²) in [4.78, 5) is 14.3. The van der Waals surface area contributed by atoms with Crippen molar-refractivity contribution in [2.24, 2.45) is 5.92 Å². The Balaban J connectivity index is 2.17. The molecule has 1 heterocycles. The minimum absolute atomic E-state index is 0.00532. The summed E-state index contributed by atoms with van der Waals surface area (Å²) >= 11 is 0. The van der Waals surface area contributed by atoms with Crippen molar-refractivity contribution >= 4 is 15.7 Å². The number of aliphatic hydroxyl groups excluding tert-OH is 1. The van der Waals surface area contributed by atoms with Crippen LogP contribution in [-0.2, 0) is 14.6 Å². The number of amides is 1. The Morgan fingerprint density at radius 3 is 2.38 bits per heavy atom. The van der Waals surface area contributed by atoms with E-state index in [-0.39, 0.29) is 24.0 Å². The third-order valence-electron chi connectivity index (χ3n) is 5.10. The van der Waals surface area contributed by atoms with Gasteiger partial charge in [-0.15, -0.1) is 0 Å². The highest BCUT2D eigenvalue weighted by Gasteiger charge is 2.40. The summed E-state index contributed by atoms with van der Waals surface area (Å²) in [6.45, 7) is 2.09. The molecule has 1 saturated heterocycles. The molecule has 4 atom stereocenters. The van der Waals surface area contributed by atoms with Gasteiger partial charge in [-0.25, -0.2) is 8.42 Å². The Labute approximate surface area is 127 Å². The molecular weight excluding hydrogens is 290 g/mol. The van der Waals surface area contributed by atoms with Crippen LogP contribution in [0.5, 0.6) is 0 Å². The van der Waals surface area contributed by atoms with E-state index in [0.29, 0.717) is 6.54 Å². The molecule has 0 aromatic carbocycles. The highest BCUT2D eigenvalue weighted by Crippen LogP contribution is 2.34. The zero-order valence-electron chi connectivity index (χ0n) is 13.0. The van der Waals surface area contributed by atoms with Crippen LogP contribution in [-0.4, -0.2) is 54.5 Å². The van der Waals surface area contributed by atoms with Crippen molar-refractivity contribution in [1.82, 2.24) is 4.90 Å². The summed E-state index contributed by atoms with van der Waals surface area (Å²) in [5.74, 6) is -0.185. The summed E-state index contributed by atoms with van der Waals surface area (Å²) in [5, 5.41) is 9.28. The molecule has 1 saturated carbocycles. The summed E-state index contributed by atoms with van der Waals surface area (Å²) in [6.07, 6.45) is 7.46. The van der Waals surface area contributed by atoms with Gasteiger partial charge in [0.1, 0.15) is 5.25 Å². The molecule has 21 heavy (non-hydrogen) atoms. The highest BCUT2D eigenvalue weighted by molar-refractivity contribution is 7.92. The average molecular weight is 317 g/mol. The zero-order valence-corrected chi connectivity index (χ0v) is 13.8. The van der Waals surface area contributed by atoms with Gasteiger partial charge in [-0.1, -0.05) is 12.8 Å². The molecule has 0 spiro atoms. The number of aliphatic hydroxyl groups is 1. The fourth-order valence-corrected chi connectivity index (χ4v) is 4.18. The second kappa shape index (κ2) is 6.65. The van der Waals surface area contributed by atoms with E-state index in [0.717, 1.165) is 51.2 Å². The molecule has 5 nitrogen and oxygen atoms in total. The first-order chi connectivity index (χ1) is 9.82. The molecule has 2 rings (SSSR count). The lowest BCUT2D eigenvalue weighted by Crippen LogP contribution is -2.54. The second-order valence-electron chi connectivity index (χ2n) is 6.58. The van der Waals surface area contributed by atoms with Crippen LogP contribution >= 0.6 is 0 Å². The Morgan fingerprint density at radius 1 is 1.14 bits per heavy atom. The standard InChI is InChI=1S/C15H27NO4S/c1-11(21(2,19)20)15(18)16-10-6-5-8-13(16)12-7-3-4-9-14(12)17/h11-14,17H,3-10H2,1-2H3. The van der Waals surface area contributed by atoms with E-state index in [2.05, 4.69) is 0 Å². The van der Waals surface area contributed by atoms with E-state index in [4.69, 9.17) is 0 Å². The molecule has 1 aliphatic carbocycles. The van der Waals surface area contributed by atoms with Crippen LogP contribution in [0.3, 0.4) is 0 Å². The largest absolute Gasteiger partial charge is 0.393 e. The van der Waals surface area contributed by atoms with Crippen molar-refractivity contribution in [2.45, 2.75) is 69.3 Å². The van der Waals surface area contributed by atoms with E-state index in [1.54, 1.807) is 4.90 Å². The van der Waals surface area contributed by atoms with Crippen LogP contribution in [0, 0.1) is 5.92 Å². The fourth-order valence-electron chi connectivity index (χ4n) is 3.68. The van der Waals surface area contributed by atoms with Crippen LogP contribution in [0.2, 0.25) is 0 Å². The molecule has 1 aliphatic heterocycles. The number of carbonyl (C=O) groups excluding carboxylic acids is 1. The van der Waals surface area contributed by atoms with E-state index < -0.39 is 15.1 Å². The number of hydrogen-bond donors (Lipinski definition) is 1. The van der Waals surface area contributed by atoms with Gasteiger partial charge in [0, 0.05) is 24.8 Å². The zero-order chi connectivity index (χ0) is 15.6. The van der Waals surface area contributed by atoms with Crippen molar-refractivity contribution in [3.05, 3.63) is 0 Å². The van der Waals surface area contributed by atoms with Crippen molar-refractivity contribution in [3.8, 4) is 0 Å². The van der Waals surface area contributed by atoms with Gasteiger partial charge in [-0.05, 0) is 39.0 Å². The van der Waals surface area contributed by atoms with Crippen molar-refractivity contribution in [2.75, 3.05) is 12.8 Å². The maximum atomic E-state index is 12.6. The number of sulfone groups is 1. The average Bonchev–Trinajstić information content (AvgIpc) is 2.45. The predicted molar refractivity (Wildman–Crippen MR) is 81.6 cm³/mol. The van der Waals surface area contributed by atoms with Crippen LogP contribution in [0.25, 0.3) is 0 Å². The molecule has 2 fully saturated rings. The van der Waals surface area contributed by atoms with Gasteiger partial charge in [0.15, 0.2) is 9.84 Å².